The topological polar surface area (TPSA) is 110 Å². The lowest BCUT2D eigenvalue weighted by atomic mass is 10.1. The van der Waals surface area contributed by atoms with Gasteiger partial charge in [0.2, 0.25) is 0 Å². The number of aryl methyl sites for hydroxylation is 1. The summed E-state index contributed by atoms with van der Waals surface area (Å²) >= 11 is 0. The third kappa shape index (κ3) is 9.33. The Hall–Kier alpha value is -2.33. The number of unbranched alkanes of at least 4 members (excludes halogenated alkanes) is 1. The fourth-order valence-corrected chi connectivity index (χ4v) is 4.30. The maximum absolute atomic E-state index is 12.4. The summed E-state index contributed by atoms with van der Waals surface area (Å²) in [6, 6.07) is 6.06. The van der Waals surface area contributed by atoms with E-state index in [-0.39, 0.29) is 5.69 Å². The Morgan fingerprint density at radius 2 is 1.86 bits per heavy atom. The molecule has 4 rings (SSSR count). The van der Waals surface area contributed by atoms with Crippen LogP contribution in [0.15, 0.2) is 35.4 Å². The van der Waals surface area contributed by atoms with E-state index in [1.807, 2.05) is 18.2 Å². The van der Waals surface area contributed by atoms with Crippen molar-refractivity contribution < 1.29 is 4.74 Å². The molecule has 9 nitrogen and oxygen atoms in total. The van der Waals surface area contributed by atoms with Gasteiger partial charge in [-0.15, -0.1) is 0 Å². The zero-order valence-electron chi connectivity index (χ0n) is 20.8. The van der Waals surface area contributed by atoms with E-state index in [0.717, 1.165) is 82.9 Å². The fraction of sp³-hybridized carbons (Fsp3) is 0.654. The number of nitrogens with two attached hydrogens (primary N) is 1. The summed E-state index contributed by atoms with van der Waals surface area (Å²) in [4.78, 5) is 23.5. The van der Waals surface area contributed by atoms with E-state index < -0.39 is 0 Å². The maximum atomic E-state index is 12.4. The summed E-state index contributed by atoms with van der Waals surface area (Å²) in [6.07, 6.45) is 11.6. The van der Waals surface area contributed by atoms with Crippen LogP contribution >= 0.6 is 0 Å². The van der Waals surface area contributed by atoms with Crippen molar-refractivity contribution in [3.8, 4) is 0 Å². The van der Waals surface area contributed by atoms with E-state index in [1.54, 1.807) is 17.0 Å². The average molecular weight is 484 g/mol. The molecule has 0 unspecified atom stereocenters. The number of anilines is 2. The monoisotopic (exact) mass is 483 g/mol. The van der Waals surface area contributed by atoms with Gasteiger partial charge in [-0.1, -0.05) is 6.07 Å². The van der Waals surface area contributed by atoms with Crippen molar-refractivity contribution in [1.29, 1.82) is 0 Å². The number of rotatable bonds is 15. The highest BCUT2D eigenvalue weighted by Crippen LogP contribution is 2.27. The van der Waals surface area contributed by atoms with Crippen molar-refractivity contribution in [3.63, 3.8) is 0 Å². The molecule has 2 aliphatic rings. The van der Waals surface area contributed by atoms with Crippen LogP contribution in [-0.2, 0) is 17.9 Å². The molecule has 2 aromatic heterocycles. The van der Waals surface area contributed by atoms with Crippen LogP contribution in [0.4, 0.5) is 11.6 Å². The Morgan fingerprint density at radius 3 is 2.60 bits per heavy atom. The predicted molar refractivity (Wildman–Crippen MR) is 139 cm³/mol. The summed E-state index contributed by atoms with van der Waals surface area (Å²) < 4.78 is 7.42. The van der Waals surface area contributed by atoms with Crippen LogP contribution in [-0.4, -0.2) is 64.8 Å². The summed E-state index contributed by atoms with van der Waals surface area (Å²) in [5.74, 6) is 2.08. The van der Waals surface area contributed by atoms with E-state index in [1.165, 1.54) is 12.8 Å². The third-order valence-electron chi connectivity index (χ3n) is 6.75. The van der Waals surface area contributed by atoms with Gasteiger partial charge in [-0.05, 0) is 101 Å². The number of hydrogen-bond donors (Lipinski definition) is 3. The van der Waals surface area contributed by atoms with E-state index in [9.17, 15) is 4.79 Å². The number of aromatic nitrogens is 3. The van der Waals surface area contributed by atoms with Gasteiger partial charge in [0.05, 0.1) is 6.61 Å². The third-order valence-corrected chi connectivity index (χ3v) is 6.75. The summed E-state index contributed by atoms with van der Waals surface area (Å²) in [5.41, 5.74) is 6.75. The number of likely N-dealkylation sites (tertiary alicyclic amines) is 1. The maximum Gasteiger partial charge on any atom is 0.349 e. The molecule has 2 aromatic rings. The highest BCUT2D eigenvalue weighted by molar-refractivity contribution is 5.50. The zero-order valence-corrected chi connectivity index (χ0v) is 20.8. The van der Waals surface area contributed by atoms with Gasteiger partial charge < -0.3 is 26.0 Å². The molecule has 0 amide bonds. The van der Waals surface area contributed by atoms with Gasteiger partial charge in [-0.3, -0.25) is 4.57 Å². The molecule has 35 heavy (non-hydrogen) atoms. The van der Waals surface area contributed by atoms with Crippen molar-refractivity contribution in [2.75, 3.05) is 44.6 Å². The fourth-order valence-electron chi connectivity index (χ4n) is 4.30. The Balaban J connectivity index is 1.12. The lowest BCUT2D eigenvalue weighted by Crippen LogP contribution is -2.40. The number of hydrogen-bond acceptors (Lipinski definition) is 8. The molecule has 1 saturated carbocycles. The summed E-state index contributed by atoms with van der Waals surface area (Å²) in [6.45, 7) is 7.38. The van der Waals surface area contributed by atoms with Crippen LogP contribution < -0.4 is 22.1 Å². The molecule has 1 aliphatic carbocycles. The van der Waals surface area contributed by atoms with Crippen LogP contribution in [0.5, 0.6) is 0 Å². The molecule has 3 heterocycles. The first-order chi connectivity index (χ1) is 17.2. The van der Waals surface area contributed by atoms with Crippen LogP contribution in [0.1, 0.15) is 50.5 Å². The zero-order chi connectivity index (χ0) is 24.3. The Bertz CT molecular complexity index is 937. The minimum Gasteiger partial charge on any atom is -0.377 e. The molecule has 0 spiro atoms. The van der Waals surface area contributed by atoms with Crippen molar-refractivity contribution in [3.05, 3.63) is 46.6 Å². The summed E-state index contributed by atoms with van der Waals surface area (Å²) in [5, 5.41) is 6.59. The van der Waals surface area contributed by atoms with E-state index in [2.05, 4.69) is 25.5 Å². The second kappa shape index (κ2) is 13.7. The van der Waals surface area contributed by atoms with Gasteiger partial charge in [0, 0.05) is 31.6 Å². The Kier molecular flexibility index (Phi) is 10.1. The number of ether oxygens (including phenoxy) is 1. The van der Waals surface area contributed by atoms with Crippen molar-refractivity contribution in [2.45, 2.75) is 64.1 Å². The van der Waals surface area contributed by atoms with Crippen LogP contribution in [0.25, 0.3) is 0 Å². The highest BCUT2D eigenvalue weighted by atomic mass is 16.5. The van der Waals surface area contributed by atoms with Crippen molar-refractivity contribution in [2.24, 2.45) is 11.7 Å². The molecule has 9 heteroatoms. The molecule has 4 N–H and O–H groups in total. The minimum atomic E-state index is -0.240. The standard InChI is InChI=1S/C26H41N7O2/c27-23-8-14-32(15-9-23)12-1-2-13-33-16-10-25(31-26(33)34)30-24-7-6-22(19-29-24)20-35-17-3-11-28-18-21-4-5-21/h6-7,10,16,19,21,23,28H,1-5,8-9,11-15,17-18,20,27H2,(H,29,30,31,34). The second-order valence-electron chi connectivity index (χ2n) is 9.91. The van der Waals surface area contributed by atoms with Crippen molar-refractivity contribution >= 4 is 11.6 Å². The quantitative estimate of drug-likeness (QED) is 0.332. The highest BCUT2D eigenvalue weighted by Gasteiger charge is 2.19. The second-order valence-corrected chi connectivity index (χ2v) is 9.91. The van der Waals surface area contributed by atoms with Crippen LogP contribution in [0, 0.1) is 5.92 Å². The van der Waals surface area contributed by atoms with Gasteiger partial charge in [0.15, 0.2) is 0 Å². The molecule has 0 aromatic carbocycles. The molecule has 2 fully saturated rings. The average Bonchev–Trinajstić information content (AvgIpc) is 3.69. The predicted octanol–water partition coefficient (Wildman–Crippen LogP) is 2.49. The van der Waals surface area contributed by atoms with E-state index >= 15 is 0 Å². The van der Waals surface area contributed by atoms with E-state index in [4.69, 9.17) is 10.5 Å². The number of nitrogens with zero attached hydrogens (tertiary/aromatic N) is 4. The minimum absolute atomic E-state index is 0.240. The first-order valence-electron chi connectivity index (χ1n) is 13.2. The molecule has 1 aliphatic heterocycles. The number of pyridine rings is 1. The van der Waals surface area contributed by atoms with Gasteiger partial charge in [-0.2, -0.15) is 4.98 Å². The van der Waals surface area contributed by atoms with Gasteiger partial charge >= 0.3 is 5.69 Å². The molecular formula is C26H41N7O2. The van der Waals surface area contributed by atoms with E-state index in [0.29, 0.717) is 30.8 Å². The summed E-state index contributed by atoms with van der Waals surface area (Å²) in [7, 11) is 0. The smallest absolute Gasteiger partial charge is 0.349 e. The van der Waals surface area contributed by atoms with Gasteiger partial charge in [0.1, 0.15) is 11.6 Å². The first-order valence-corrected chi connectivity index (χ1v) is 13.2. The molecule has 0 bridgehead atoms. The Morgan fingerprint density at radius 1 is 1.03 bits per heavy atom. The lowest BCUT2D eigenvalue weighted by Gasteiger charge is -2.29. The Labute approximate surface area is 208 Å². The van der Waals surface area contributed by atoms with Crippen LogP contribution in [0.2, 0.25) is 0 Å². The van der Waals surface area contributed by atoms with Gasteiger partial charge in [0.25, 0.3) is 0 Å². The SMILES string of the molecule is NC1CCN(CCCCn2ccc(Nc3ccc(COCCCNCC4CC4)cn3)nc2=O)CC1. The van der Waals surface area contributed by atoms with Gasteiger partial charge in [-0.25, -0.2) is 9.78 Å². The normalized spacial score (nSPS) is 17.1. The van der Waals surface area contributed by atoms with Crippen LogP contribution in [0.3, 0.4) is 0 Å². The number of piperidine rings is 1. The molecular weight excluding hydrogens is 442 g/mol. The molecule has 1 saturated heterocycles. The largest absolute Gasteiger partial charge is 0.377 e. The first kappa shape index (κ1) is 25.8. The molecule has 0 radical (unpaired) electrons. The number of nitrogens with one attached hydrogen (secondary N) is 2. The molecule has 192 valence electrons. The molecule has 0 atom stereocenters. The lowest BCUT2D eigenvalue weighted by molar-refractivity contribution is 0.118. The van der Waals surface area contributed by atoms with Crippen molar-refractivity contribution in [1.82, 2.24) is 24.8 Å².